The largest absolute Gasteiger partial charge is 0.489 e. The molecule has 0 aliphatic heterocycles. The first-order valence-corrected chi connectivity index (χ1v) is 14.4. The molecule has 0 aliphatic rings. The molecule has 0 spiro atoms. The van der Waals surface area contributed by atoms with E-state index in [4.69, 9.17) is 9.84 Å². The molecule has 2 amide bonds. The van der Waals surface area contributed by atoms with E-state index in [0.29, 0.717) is 22.9 Å². The molecule has 0 saturated carbocycles. The quantitative estimate of drug-likeness (QED) is 0.124. The Labute approximate surface area is 256 Å². The molecule has 6 rings (SSSR count). The fourth-order valence-corrected chi connectivity index (χ4v) is 4.95. The van der Waals surface area contributed by atoms with Crippen LogP contribution in [0, 0.1) is 0 Å². The molecule has 0 atom stereocenters. The van der Waals surface area contributed by atoms with Crippen LogP contribution in [0.2, 0.25) is 0 Å². The first-order chi connectivity index (χ1) is 21.6. The van der Waals surface area contributed by atoms with Crippen LogP contribution in [0.4, 0.5) is 5.13 Å². The van der Waals surface area contributed by atoms with Gasteiger partial charge < -0.3 is 4.74 Å². The van der Waals surface area contributed by atoms with Crippen molar-refractivity contribution in [3.05, 3.63) is 133 Å². The van der Waals surface area contributed by atoms with Crippen LogP contribution in [-0.4, -0.2) is 38.0 Å². The third-order valence-corrected chi connectivity index (χ3v) is 7.27. The van der Waals surface area contributed by atoms with Gasteiger partial charge in [0.15, 0.2) is 0 Å². The zero-order valence-corrected chi connectivity index (χ0v) is 24.0. The number of carbonyl (C=O) groups is 2. The van der Waals surface area contributed by atoms with E-state index < -0.39 is 11.8 Å². The standard InChI is InChI=1S/C33H25N7O3S/c41-30(35-33-38-37-32(44-33)25-12-6-2-7-13-25)31(42)36-34-20-26-21-40(27-14-8-3-9-15-27)39-29(26)24-16-18-28(19-17-24)43-22-23-10-4-1-5-11-23/h1-21H,22H2,(H,36,42)(H,35,38,41)/b34-20+. The summed E-state index contributed by atoms with van der Waals surface area (Å²) in [7, 11) is 0. The van der Waals surface area contributed by atoms with E-state index in [1.165, 1.54) is 6.21 Å². The highest BCUT2D eigenvalue weighted by Gasteiger charge is 2.17. The molecule has 4 aromatic carbocycles. The summed E-state index contributed by atoms with van der Waals surface area (Å²) < 4.78 is 7.65. The van der Waals surface area contributed by atoms with Crippen molar-refractivity contribution in [1.82, 2.24) is 25.4 Å². The van der Waals surface area contributed by atoms with Gasteiger partial charge in [-0.25, -0.2) is 10.1 Å². The maximum atomic E-state index is 12.5. The number of nitrogens with one attached hydrogen (secondary N) is 2. The fourth-order valence-electron chi connectivity index (χ4n) is 4.21. The molecule has 0 unspecified atom stereocenters. The Morgan fingerprint density at radius 3 is 2.20 bits per heavy atom. The molecule has 216 valence electrons. The van der Waals surface area contributed by atoms with Crippen LogP contribution in [0.1, 0.15) is 11.1 Å². The predicted molar refractivity (Wildman–Crippen MR) is 169 cm³/mol. The smallest absolute Gasteiger partial charge is 0.329 e. The van der Waals surface area contributed by atoms with E-state index >= 15 is 0 Å². The Bertz CT molecular complexity index is 1890. The first-order valence-electron chi connectivity index (χ1n) is 13.6. The van der Waals surface area contributed by atoms with Crippen molar-refractivity contribution in [1.29, 1.82) is 0 Å². The molecule has 2 N–H and O–H groups in total. The Morgan fingerprint density at radius 1 is 0.795 bits per heavy atom. The maximum Gasteiger partial charge on any atom is 0.329 e. The van der Waals surface area contributed by atoms with Gasteiger partial charge in [0.2, 0.25) is 5.13 Å². The second-order valence-corrected chi connectivity index (χ2v) is 10.4. The lowest BCUT2D eigenvalue weighted by atomic mass is 10.1. The van der Waals surface area contributed by atoms with Crippen LogP contribution >= 0.6 is 11.3 Å². The minimum Gasteiger partial charge on any atom is -0.489 e. The van der Waals surface area contributed by atoms with Crippen molar-refractivity contribution in [2.75, 3.05) is 5.32 Å². The number of para-hydroxylation sites is 1. The highest BCUT2D eigenvalue weighted by atomic mass is 32.1. The number of aromatic nitrogens is 4. The summed E-state index contributed by atoms with van der Waals surface area (Å²) in [5, 5.41) is 20.1. The summed E-state index contributed by atoms with van der Waals surface area (Å²) >= 11 is 1.16. The zero-order chi connectivity index (χ0) is 30.1. The molecule has 11 heteroatoms. The zero-order valence-electron chi connectivity index (χ0n) is 23.2. The van der Waals surface area contributed by atoms with E-state index in [-0.39, 0.29) is 5.13 Å². The number of ether oxygens (including phenoxy) is 1. The minimum atomic E-state index is -0.949. The molecule has 2 heterocycles. The van der Waals surface area contributed by atoms with E-state index in [1.54, 1.807) is 10.9 Å². The van der Waals surface area contributed by atoms with Gasteiger partial charge in [-0.1, -0.05) is 90.2 Å². The number of hydrogen-bond acceptors (Lipinski definition) is 8. The van der Waals surface area contributed by atoms with Gasteiger partial charge in [0.25, 0.3) is 0 Å². The summed E-state index contributed by atoms with van der Waals surface area (Å²) in [5.41, 5.74) is 7.15. The van der Waals surface area contributed by atoms with Crippen LogP contribution in [-0.2, 0) is 16.2 Å². The molecule has 0 fully saturated rings. The van der Waals surface area contributed by atoms with Gasteiger partial charge in [-0.2, -0.15) is 10.2 Å². The molecule has 0 saturated heterocycles. The third-order valence-electron chi connectivity index (χ3n) is 6.38. The Morgan fingerprint density at radius 2 is 1.48 bits per heavy atom. The fraction of sp³-hybridized carbons (Fsp3) is 0.0303. The van der Waals surface area contributed by atoms with Crippen LogP contribution in [0.15, 0.2) is 127 Å². The molecule has 0 bridgehead atoms. The Hall–Kier alpha value is -5.94. The second kappa shape index (κ2) is 13.4. The van der Waals surface area contributed by atoms with Crippen molar-refractivity contribution in [2.24, 2.45) is 5.10 Å². The first kappa shape index (κ1) is 28.2. The Kier molecular flexibility index (Phi) is 8.56. The Balaban J connectivity index is 1.14. The molecular formula is C33H25N7O3S. The van der Waals surface area contributed by atoms with Crippen molar-refractivity contribution in [2.45, 2.75) is 6.61 Å². The van der Waals surface area contributed by atoms with E-state index in [0.717, 1.165) is 39.5 Å². The van der Waals surface area contributed by atoms with Crippen molar-refractivity contribution < 1.29 is 14.3 Å². The van der Waals surface area contributed by atoms with Gasteiger partial charge in [-0.15, -0.1) is 10.2 Å². The van der Waals surface area contributed by atoms with Gasteiger partial charge >= 0.3 is 11.8 Å². The van der Waals surface area contributed by atoms with Crippen molar-refractivity contribution in [3.63, 3.8) is 0 Å². The molecule has 2 aromatic heterocycles. The maximum absolute atomic E-state index is 12.5. The lowest BCUT2D eigenvalue weighted by Crippen LogP contribution is -2.32. The van der Waals surface area contributed by atoms with E-state index in [1.807, 2.05) is 115 Å². The minimum absolute atomic E-state index is 0.204. The van der Waals surface area contributed by atoms with E-state index in [9.17, 15) is 9.59 Å². The highest BCUT2D eigenvalue weighted by Crippen LogP contribution is 2.27. The van der Waals surface area contributed by atoms with Gasteiger partial charge in [0.1, 0.15) is 23.1 Å². The molecule has 10 nitrogen and oxygen atoms in total. The molecule has 44 heavy (non-hydrogen) atoms. The van der Waals surface area contributed by atoms with Gasteiger partial charge in [-0.3, -0.25) is 14.9 Å². The predicted octanol–water partition coefficient (Wildman–Crippen LogP) is 5.73. The van der Waals surface area contributed by atoms with E-state index in [2.05, 4.69) is 26.0 Å². The van der Waals surface area contributed by atoms with Crippen LogP contribution in [0.5, 0.6) is 5.75 Å². The summed E-state index contributed by atoms with van der Waals surface area (Å²) in [6.07, 6.45) is 3.25. The number of nitrogens with zero attached hydrogens (tertiary/aromatic N) is 5. The topological polar surface area (TPSA) is 123 Å². The average molecular weight is 600 g/mol. The lowest BCUT2D eigenvalue weighted by molar-refractivity contribution is -0.136. The summed E-state index contributed by atoms with van der Waals surface area (Å²) in [6.45, 7) is 0.460. The SMILES string of the molecule is O=C(N/N=C/c1cn(-c2ccccc2)nc1-c1ccc(OCc2ccccc2)cc1)C(=O)Nc1nnc(-c2ccccc2)s1. The molecule has 0 radical (unpaired) electrons. The summed E-state index contributed by atoms with van der Waals surface area (Å²) in [5.74, 6) is -1.14. The number of amides is 2. The van der Waals surface area contributed by atoms with Gasteiger partial charge in [0.05, 0.1) is 11.9 Å². The summed E-state index contributed by atoms with van der Waals surface area (Å²) in [6, 6.07) is 36.6. The highest BCUT2D eigenvalue weighted by molar-refractivity contribution is 7.18. The normalized spacial score (nSPS) is 10.9. The van der Waals surface area contributed by atoms with Crippen LogP contribution in [0.3, 0.4) is 0 Å². The van der Waals surface area contributed by atoms with Crippen molar-refractivity contribution in [3.8, 4) is 33.3 Å². The lowest BCUT2D eigenvalue weighted by Gasteiger charge is -2.07. The van der Waals surface area contributed by atoms with Gasteiger partial charge in [0, 0.05) is 22.9 Å². The third kappa shape index (κ3) is 6.92. The van der Waals surface area contributed by atoms with Crippen molar-refractivity contribution >= 4 is 34.5 Å². The second-order valence-electron chi connectivity index (χ2n) is 9.44. The average Bonchev–Trinajstić information content (AvgIpc) is 3.73. The van der Waals surface area contributed by atoms with Gasteiger partial charge in [-0.05, 0) is 42.0 Å². The summed E-state index contributed by atoms with van der Waals surface area (Å²) in [4.78, 5) is 24.9. The number of benzene rings is 4. The number of hydrazone groups is 1. The van der Waals surface area contributed by atoms with Crippen LogP contribution in [0.25, 0.3) is 27.5 Å². The molecule has 0 aliphatic carbocycles. The molecular weight excluding hydrogens is 574 g/mol. The number of rotatable bonds is 9. The van der Waals surface area contributed by atoms with Crippen LogP contribution < -0.4 is 15.5 Å². The number of anilines is 1. The number of carbonyl (C=O) groups excluding carboxylic acids is 2. The number of hydrogen-bond donors (Lipinski definition) is 2. The monoisotopic (exact) mass is 599 g/mol. The molecule has 6 aromatic rings.